The molecule has 10 nitrogen and oxygen atoms in total. The van der Waals surface area contributed by atoms with Gasteiger partial charge in [0.15, 0.2) is 0 Å². The molecule has 1 saturated heterocycles. The first kappa shape index (κ1) is 17.9. The fourth-order valence-electron chi connectivity index (χ4n) is 3.56. The molecule has 1 unspecified atom stereocenters. The Morgan fingerprint density at radius 1 is 1.40 bits per heavy atom. The van der Waals surface area contributed by atoms with Crippen LogP contribution in [0.3, 0.4) is 0 Å². The van der Waals surface area contributed by atoms with E-state index in [9.17, 15) is 20.1 Å². The van der Waals surface area contributed by atoms with Gasteiger partial charge in [-0.05, 0) is 6.42 Å². The van der Waals surface area contributed by atoms with Gasteiger partial charge in [0.1, 0.15) is 18.3 Å². The summed E-state index contributed by atoms with van der Waals surface area (Å²) in [4.78, 5) is 22.3. The van der Waals surface area contributed by atoms with Crippen LogP contribution in [0.4, 0.5) is 0 Å². The van der Waals surface area contributed by atoms with Crippen molar-refractivity contribution in [1.29, 1.82) is 0 Å². The number of carbonyl (C=O) groups excluding carboxylic acids is 1. The molecule has 3 aliphatic rings. The lowest BCUT2D eigenvalue weighted by Gasteiger charge is -2.28. The Bertz CT molecular complexity index is 663. The summed E-state index contributed by atoms with van der Waals surface area (Å²) in [5.41, 5.74) is 4.57. The van der Waals surface area contributed by atoms with Gasteiger partial charge in [0.05, 0.1) is 13.7 Å². The lowest BCUT2D eigenvalue weighted by molar-refractivity contribution is -0.539. The van der Waals surface area contributed by atoms with Crippen LogP contribution in [0.15, 0.2) is 9.98 Å². The van der Waals surface area contributed by atoms with Crippen LogP contribution in [0.1, 0.15) is 26.2 Å². The molecule has 1 amide bonds. The Kier molecular flexibility index (Phi) is 4.62. The number of nitrogens with two attached hydrogens (primary N) is 1. The fourth-order valence-corrected chi connectivity index (χ4v) is 3.56. The number of hydrogen-bond donors (Lipinski definition) is 4. The maximum Gasteiger partial charge on any atom is 0.307 e. The second-order valence-electron chi connectivity index (χ2n) is 6.54. The maximum atomic E-state index is 12.7. The molecule has 0 aliphatic carbocycles. The average Bonchev–Trinajstić information content (AvgIpc) is 3.01. The number of carbonyl (C=O) groups is 1. The monoisotopic (exact) mass is 354 g/mol. The van der Waals surface area contributed by atoms with Crippen molar-refractivity contribution in [1.82, 2.24) is 4.90 Å². The summed E-state index contributed by atoms with van der Waals surface area (Å²) in [5, 5.41) is 29.6. The fraction of sp³-hybridized carbons (Fsp3) is 0.733. The summed E-state index contributed by atoms with van der Waals surface area (Å²) >= 11 is 0. The number of nitrogens with zero attached hydrogens (tertiary/aromatic N) is 4. The van der Waals surface area contributed by atoms with Crippen LogP contribution in [-0.4, -0.2) is 92.6 Å². The average molecular weight is 354 g/mol. The Labute approximate surface area is 144 Å². The molecule has 0 bridgehead atoms. The normalized spacial score (nSPS) is 37.7. The zero-order chi connectivity index (χ0) is 18.4. The lowest BCUT2D eigenvalue weighted by atomic mass is 9.89. The van der Waals surface area contributed by atoms with Gasteiger partial charge in [-0.25, -0.2) is 4.58 Å². The Hall–Kier alpha value is -1.88. The van der Waals surface area contributed by atoms with Crippen LogP contribution < -0.4 is 5.73 Å². The van der Waals surface area contributed by atoms with E-state index in [-0.39, 0.29) is 5.96 Å². The second-order valence-corrected chi connectivity index (χ2v) is 6.54. The van der Waals surface area contributed by atoms with Gasteiger partial charge in [-0.3, -0.25) is 4.79 Å². The predicted octanol–water partition coefficient (Wildman–Crippen LogP) is -2.41. The van der Waals surface area contributed by atoms with E-state index < -0.39 is 42.6 Å². The van der Waals surface area contributed by atoms with Gasteiger partial charge in [0, 0.05) is 6.42 Å². The van der Waals surface area contributed by atoms with Gasteiger partial charge < -0.3 is 25.8 Å². The van der Waals surface area contributed by atoms with Crippen LogP contribution in [0.25, 0.3) is 0 Å². The molecule has 138 valence electrons. The summed E-state index contributed by atoms with van der Waals surface area (Å²) in [6, 6.07) is 0. The van der Waals surface area contributed by atoms with E-state index in [2.05, 4.69) is 9.98 Å². The van der Waals surface area contributed by atoms with Crippen molar-refractivity contribution in [2.45, 2.75) is 56.3 Å². The van der Waals surface area contributed by atoms with Crippen molar-refractivity contribution in [3.05, 3.63) is 0 Å². The summed E-state index contributed by atoms with van der Waals surface area (Å²) < 4.78 is 7.27. The Balaban J connectivity index is 2.00. The molecule has 0 aromatic carbocycles. The number of aliphatic imine (C=N–C) groups is 2. The second kappa shape index (κ2) is 6.45. The summed E-state index contributed by atoms with van der Waals surface area (Å²) in [6.07, 6.45) is -0.708. The number of amides is 1. The number of guanidine groups is 1. The van der Waals surface area contributed by atoms with Gasteiger partial charge in [0.25, 0.3) is 11.4 Å². The van der Waals surface area contributed by atoms with E-state index in [1.807, 2.05) is 6.92 Å². The number of ether oxygens (including phenoxy) is 1. The third-order valence-electron chi connectivity index (χ3n) is 4.99. The van der Waals surface area contributed by atoms with Gasteiger partial charge in [-0.15, -0.1) is 0 Å². The first-order valence-corrected chi connectivity index (χ1v) is 8.33. The standard InChI is InChI=1S/C15H23N5O5/c1-3-4-5-15-12(17-14(16)18-13(15)24)20(7-19(15)2)11-10(23)9(22)8(6-21)25-11/h7-11,21-23H,3-6H2,1-2H3,(H-,16,18,24)/p+1/t8-,9-,10-,11-,15?/m1/s1. The number of aliphatic hydroxyl groups excluding tert-OH is 3. The Morgan fingerprint density at radius 2 is 2.12 bits per heavy atom. The minimum atomic E-state index is -1.28. The van der Waals surface area contributed by atoms with Crippen molar-refractivity contribution in [3.8, 4) is 0 Å². The van der Waals surface area contributed by atoms with E-state index in [0.29, 0.717) is 12.3 Å². The first-order chi connectivity index (χ1) is 11.9. The van der Waals surface area contributed by atoms with Crippen molar-refractivity contribution >= 4 is 24.0 Å². The van der Waals surface area contributed by atoms with Crippen molar-refractivity contribution in [2.24, 2.45) is 15.7 Å². The van der Waals surface area contributed by atoms with Crippen LogP contribution in [0, 0.1) is 0 Å². The van der Waals surface area contributed by atoms with Crippen LogP contribution >= 0.6 is 0 Å². The molecule has 1 fully saturated rings. The number of rotatable bonds is 5. The van der Waals surface area contributed by atoms with E-state index in [1.165, 1.54) is 4.90 Å². The van der Waals surface area contributed by atoms with Gasteiger partial charge in [-0.2, -0.15) is 14.9 Å². The van der Waals surface area contributed by atoms with Gasteiger partial charge in [0.2, 0.25) is 18.5 Å². The quantitative estimate of drug-likeness (QED) is 0.403. The summed E-state index contributed by atoms with van der Waals surface area (Å²) in [5.74, 6) is -0.264. The smallest absolute Gasteiger partial charge is 0.307 e. The zero-order valence-corrected chi connectivity index (χ0v) is 14.2. The molecule has 25 heavy (non-hydrogen) atoms. The molecule has 3 heterocycles. The van der Waals surface area contributed by atoms with Gasteiger partial charge in [-0.1, -0.05) is 13.3 Å². The van der Waals surface area contributed by atoms with Gasteiger partial charge >= 0.3 is 5.91 Å². The van der Waals surface area contributed by atoms with Crippen LogP contribution in [0.2, 0.25) is 0 Å². The number of fused-ring (bicyclic) bond motifs is 1. The predicted molar refractivity (Wildman–Crippen MR) is 88.2 cm³/mol. The highest BCUT2D eigenvalue weighted by molar-refractivity contribution is 6.23. The number of amidine groups is 1. The topological polar surface area (TPSA) is 144 Å². The minimum absolute atomic E-state index is 0.160. The third-order valence-corrected chi connectivity index (χ3v) is 4.99. The lowest BCUT2D eigenvalue weighted by Crippen LogP contribution is -2.58. The minimum Gasteiger partial charge on any atom is -0.394 e. The third kappa shape index (κ3) is 2.56. The highest BCUT2D eigenvalue weighted by Gasteiger charge is 2.63. The molecule has 10 heteroatoms. The maximum absolute atomic E-state index is 12.7. The largest absolute Gasteiger partial charge is 0.394 e. The summed E-state index contributed by atoms with van der Waals surface area (Å²) in [7, 11) is 1.72. The van der Waals surface area contributed by atoms with Crippen LogP contribution in [0.5, 0.6) is 0 Å². The van der Waals surface area contributed by atoms with Crippen LogP contribution in [-0.2, 0) is 9.53 Å². The molecule has 3 aliphatic heterocycles. The highest BCUT2D eigenvalue weighted by atomic mass is 16.6. The molecule has 0 spiro atoms. The van der Waals surface area contributed by atoms with E-state index in [0.717, 1.165) is 12.8 Å². The summed E-state index contributed by atoms with van der Waals surface area (Å²) in [6.45, 7) is 1.58. The molecule has 0 saturated carbocycles. The molecule has 5 N–H and O–H groups in total. The molecule has 3 rings (SSSR count). The van der Waals surface area contributed by atoms with Crippen molar-refractivity contribution in [3.63, 3.8) is 0 Å². The molecule has 0 aromatic rings. The molecule has 0 radical (unpaired) electrons. The first-order valence-electron chi connectivity index (χ1n) is 8.33. The van der Waals surface area contributed by atoms with E-state index >= 15 is 0 Å². The molecular weight excluding hydrogens is 330 g/mol. The number of unbranched alkanes of at least 4 members (excludes halogenated alkanes) is 1. The highest BCUT2D eigenvalue weighted by Crippen LogP contribution is 2.34. The Morgan fingerprint density at radius 3 is 2.72 bits per heavy atom. The molecule has 0 aromatic heterocycles. The van der Waals surface area contributed by atoms with Crippen molar-refractivity contribution in [2.75, 3.05) is 13.7 Å². The molecular formula is C15H24N5O5+. The SMILES string of the molecule is CCCCC12C(=O)N=C(N)N=C1N([C@@H]1O[C@H](CO)[C@@H](O)[C@H]1O)C=[N+]2C. The number of aliphatic hydroxyl groups is 3. The number of likely N-dealkylation sites (N-methyl/N-ethyl adjacent to an activating group) is 1. The van der Waals surface area contributed by atoms with Crippen molar-refractivity contribution < 1.29 is 29.4 Å². The molecule has 5 atom stereocenters. The van der Waals surface area contributed by atoms with E-state index in [4.69, 9.17) is 10.5 Å². The zero-order valence-electron chi connectivity index (χ0n) is 14.2. The van der Waals surface area contributed by atoms with E-state index in [1.54, 1.807) is 18.0 Å². The number of hydrogen-bond acceptors (Lipinski definition) is 8.